The maximum absolute atomic E-state index is 13.0. The summed E-state index contributed by atoms with van der Waals surface area (Å²) in [6.45, 7) is 5.61. The zero-order valence-corrected chi connectivity index (χ0v) is 19.3. The van der Waals surface area contributed by atoms with Crippen LogP contribution in [0.5, 0.6) is 5.75 Å². The van der Waals surface area contributed by atoms with Crippen molar-refractivity contribution in [3.63, 3.8) is 0 Å². The average Bonchev–Trinajstić information content (AvgIpc) is 3.29. The van der Waals surface area contributed by atoms with Crippen molar-refractivity contribution in [3.8, 4) is 5.75 Å². The maximum Gasteiger partial charge on any atom is 0.295 e. The van der Waals surface area contributed by atoms with E-state index < -0.39 is 17.7 Å². The minimum Gasteiger partial charge on any atom is -0.507 e. The monoisotopic (exact) mass is 440 g/mol. The Hall–Kier alpha value is -3.06. The highest BCUT2D eigenvalue weighted by atomic mass is 16.5. The number of carbonyl (C=O) groups excluding carboxylic acids is 2. The number of hydrogen-bond acceptors (Lipinski definition) is 6. The Labute approximate surface area is 189 Å². The van der Waals surface area contributed by atoms with E-state index in [1.54, 1.807) is 43.3 Å². The first-order valence-corrected chi connectivity index (χ1v) is 11.1. The quantitative estimate of drug-likeness (QED) is 0.259. The first-order valence-electron chi connectivity index (χ1n) is 11.1. The minimum absolute atomic E-state index is 0.0416. The van der Waals surface area contributed by atoms with Crippen molar-refractivity contribution < 1.29 is 23.8 Å². The zero-order chi connectivity index (χ0) is 23.3. The number of benzene rings is 1. The van der Waals surface area contributed by atoms with Gasteiger partial charge in [0.15, 0.2) is 0 Å². The number of aliphatic hydroxyl groups excluding tert-OH is 1. The normalized spacial score (nSPS) is 18.0. The fourth-order valence-corrected chi connectivity index (χ4v) is 3.79. The predicted octanol–water partition coefficient (Wildman–Crippen LogP) is 4.14. The van der Waals surface area contributed by atoms with E-state index in [2.05, 4.69) is 6.92 Å². The number of amides is 1. The Morgan fingerprint density at radius 3 is 2.62 bits per heavy atom. The number of Topliss-reactive ketones (excluding diaryl/α,β-unsaturated/α-hetero) is 1. The van der Waals surface area contributed by atoms with Crippen molar-refractivity contribution in [2.75, 3.05) is 33.8 Å². The van der Waals surface area contributed by atoms with Crippen LogP contribution in [0.25, 0.3) is 5.76 Å². The molecule has 2 aromatic rings. The molecule has 1 aliphatic heterocycles. The van der Waals surface area contributed by atoms with Gasteiger partial charge >= 0.3 is 0 Å². The topological polar surface area (TPSA) is 83.2 Å². The Kier molecular flexibility index (Phi) is 7.75. The highest BCUT2D eigenvalue weighted by Gasteiger charge is 2.47. The van der Waals surface area contributed by atoms with Gasteiger partial charge in [-0.2, -0.15) is 0 Å². The molecule has 1 atom stereocenters. The number of ketones is 1. The van der Waals surface area contributed by atoms with Gasteiger partial charge in [-0.25, -0.2) is 0 Å². The molecule has 7 nitrogen and oxygen atoms in total. The molecule has 1 aromatic heterocycles. The summed E-state index contributed by atoms with van der Waals surface area (Å²) < 4.78 is 11.5. The molecule has 1 saturated heterocycles. The maximum atomic E-state index is 13.0. The van der Waals surface area contributed by atoms with Crippen molar-refractivity contribution in [1.29, 1.82) is 0 Å². The van der Waals surface area contributed by atoms with Gasteiger partial charge in [0, 0.05) is 12.1 Å². The highest BCUT2D eigenvalue weighted by molar-refractivity contribution is 6.46. The molecule has 0 aliphatic carbocycles. The third-order valence-corrected chi connectivity index (χ3v) is 5.45. The number of nitrogens with zero attached hydrogens (tertiary/aromatic N) is 2. The van der Waals surface area contributed by atoms with E-state index >= 15 is 0 Å². The summed E-state index contributed by atoms with van der Waals surface area (Å²) in [5, 5.41) is 11.1. The number of aliphatic hydroxyl groups is 1. The first kappa shape index (κ1) is 23.6. The third-order valence-electron chi connectivity index (χ3n) is 5.45. The number of rotatable bonds is 10. The van der Waals surface area contributed by atoms with E-state index in [9.17, 15) is 14.7 Å². The summed E-state index contributed by atoms with van der Waals surface area (Å²) in [5.74, 6) is 0.184. The van der Waals surface area contributed by atoms with E-state index in [1.807, 2.05) is 19.0 Å². The van der Waals surface area contributed by atoms with Gasteiger partial charge in [-0.05, 0) is 64.7 Å². The fraction of sp³-hybridized carbons (Fsp3) is 0.440. The predicted molar refractivity (Wildman–Crippen MR) is 122 cm³/mol. The molecule has 0 spiro atoms. The molecule has 0 radical (unpaired) electrons. The van der Waals surface area contributed by atoms with Crippen LogP contribution in [0.3, 0.4) is 0 Å². The van der Waals surface area contributed by atoms with Crippen molar-refractivity contribution in [1.82, 2.24) is 9.80 Å². The largest absolute Gasteiger partial charge is 0.507 e. The van der Waals surface area contributed by atoms with Crippen LogP contribution in [-0.4, -0.2) is 60.4 Å². The Bertz CT molecular complexity index is 992. The lowest BCUT2D eigenvalue weighted by Crippen LogP contribution is -2.32. The number of furan rings is 1. The number of likely N-dealkylation sites (tertiary alicyclic amines) is 1. The molecule has 7 heteroatoms. The second kappa shape index (κ2) is 10.5. The molecule has 1 aliphatic rings. The van der Waals surface area contributed by atoms with Crippen LogP contribution in [0, 0.1) is 6.92 Å². The van der Waals surface area contributed by atoms with E-state index in [1.165, 1.54) is 4.90 Å². The summed E-state index contributed by atoms with van der Waals surface area (Å²) in [4.78, 5) is 29.4. The lowest BCUT2D eigenvalue weighted by atomic mass is 9.99. The lowest BCUT2D eigenvalue weighted by Gasteiger charge is -2.24. The average molecular weight is 441 g/mol. The minimum atomic E-state index is -0.768. The van der Waals surface area contributed by atoms with Gasteiger partial charge in [-0.1, -0.05) is 25.5 Å². The van der Waals surface area contributed by atoms with Crippen LogP contribution >= 0.6 is 0 Å². The van der Waals surface area contributed by atoms with Crippen LogP contribution in [0.2, 0.25) is 0 Å². The van der Waals surface area contributed by atoms with E-state index in [0.29, 0.717) is 42.4 Å². The van der Waals surface area contributed by atoms with E-state index in [4.69, 9.17) is 9.15 Å². The van der Waals surface area contributed by atoms with Gasteiger partial charge < -0.3 is 24.1 Å². The molecule has 2 heterocycles. The first-order chi connectivity index (χ1) is 15.3. The summed E-state index contributed by atoms with van der Waals surface area (Å²) in [7, 11) is 3.91. The van der Waals surface area contributed by atoms with Gasteiger partial charge in [0.05, 0.1) is 12.2 Å². The van der Waals surface area contributed by atoms with Gasteiger partial charge in [0.2, 0.25) is 0 Å². The van der Waals surface area contributed by atoms with Gasteiger partial charge in [0.25, 0.3) is 11.7 Å². The summed E-state index contributed by atoms with van der Waals surface area (Å²) >= 11 is 0. The van der Waals surface area contributed by atoms with Crippen LogP contribution in [0.15, 0.2) is 46.4 Å². The van der Waals surface area contributed by atoms with Crippen molar-refractivity contribution >= 4 is 17.4 Å². The van der Waals surface area contributed by atoms with E-state index in [0.717, 1.165) is 19.4 Å². The third kappa shape index (κ3) is 5.22. The smallest absolute Gasteiger partial charge is 0.295 e. The number of hydrogen-bond donors (Lipinski definition) is 1. The summed E-state index contributed by atoms with van der Waals surface area (Å²) in [5.41, 5.74) is 0.471. The molecule has 1 N–H and O–H groups in total. The van der Waals surface area contributed by atoms with Crippen molar-refractivity contribution in [3.05, 3.63) is 59.1 Å². The Balaban J connectivity index is 1.99. The molecular weight excluding hydrogens is 408 g/mol. The second-order valence-electron chi connectivity index (χ2n) is 8.33. The van der Waals surface area contributed by atoms with Gasteiger partial charge in [-0.15, -0.1) is 0 Å². The number of unbranched alkanes of at least 4 members (excludes halogenated alkanes) is 1. The van der Waals surface area contributed by atoms with Crippen LogP contribution in [0.1, 0.15) is 49.3 Å². The van der Waals surface area contributed by atoms with Crippen LogP contribution in [-0.2, 0) is 9.59 Å². The Morgan fingerprint density at radius 1 is 1.19 bits per heavy atom. The summed E-state index contributed by atoms with van der Waals surface area (Å²) in [6, 6.07) is 9.73. The standard InChI is InChI=1S/C25H32N2O5/c1-5-6-15-31-19-10-7-9-18(16-19)23(28)21-22(20-12-11-17(2)32-20)27(25(30)24(21)29)14-8-13-26(3)4/h7,9-12,16,22,28H,5-6,8,13-15H2,1-4H3/b23-21+. The molecule has 1 amide bonds. The molecule has 172 valence electrons. The molecule has 0 bridgehead atoms. The molecular formula is C25H32N2O5. The highest BCUT2D eigenvalue weighted by Crippen LogP contribution is 2.40. The van der Waals surface area contributed by atoms with Crippen LogP contribution < -0.4 is 4.74 Å². The SMILES string of the molecule is CCCCOc1cccc(/C(O)=C2\C(=O)C(=O)N(CCCN(C)C)C2c2ccc(C)o2)c1. The second-order valence-corrected chi connectivity index (χ2v) is 8.33. The number of carbonyl (C=O) groups is 2. The van der Waals surface area contributed by atoms with E-state index in [-0.39, 0.29) is 11.3 Å². The molecule has 1 aromatic carbocycles. The molecule has 1 fully saturated rings. The fourth-order valence-electron chi connectivity index (χ4n) is 3.79. The molecule has 3 rings (SSSR count). The van der Waals surface area contributed by atoms with Crippen molar-refractivity contribution in [2.24, 2.45) is 0 Å². The molecule has 32 heavy (non-hydrogen) atoms. The van der Waals surface area contributed by atoms with Crippen molar-refractivity contribution in [2.45, 2.75) is 39.2 Å². The van der Waals surface area contributed by atoms with Gasteiger partial charge in [-0.3, -0.25) is 9.59 Å². The molecule has 0 saturated carbocycles. The molecule has 1 unspecified atom stereocenters. The van der Waals surface area contributed by atoms with Crippen LogP contribution in [0.4, 0.5) is 0 Å². The summed E-state index contributed by atoms with van der Waals surface area (Å²) in [6.07, 6.45) is 2.63. The van der Waals surface area contributed by atoms with Gasteiger partial charge in [0.1, 0.15) is 29.1 Å². The number of aryl methyl sites for hydroxylation is 1. The lowest BCUT2D eigenvalue weighted by molar-refractivity contribution is -0.140. The Morgan fingerprint density at radius 2 is 1.97 bits per heavy atom. The zero-order valence-electron chi connectivity index (χ0n) is 19.3. The number of ether oxygens (including phenoxy) is 1.